The number of hydrogen-bond donors (Lipinski definition) is 2. The third-order valence-corrected chi connectivity index (χ3v) is 3.98. The maximum atomic E-state index is 11.9. The number of furan rings is 1. The molecular formula is C12H12IN3O2S. The summed E-state index contributed by atoms with van der Waals surface area (Å²) < 4.78 is 6.84. The number of nitrogens with one attached hydrogen (secondary N) is 2. The molecule has 2 aromatic rings. The summed E-state index contributed by atoms with van der Waals surface area (Å²) in [6.45, 7) is 2.23. The summed E-state index contributed by atoms with van der Waals surface area (Å²) >= 11 is 7.13. The Hall–Kier alpha value is -0.930. The fraction of sp³-hybridized carbons (Fsp3) is 0.333. The second-order valence-electron chi connectivity index (χ2n) is 4.53. The van der Waals surface area contributed by atoms with Crippen LogP contribution in [0.2, 0.25) is 0 Å². The zero-order valence-electron chi connectivity index (χ0n) is 10.0. The number of fused-ring (bicyclic) bond motifs is 1. The number of nitrogens with zero attached hydrogens (tertiary/aromatic N) is 1. The van der Waals surface area contributed by atoms with Crippen molar-refractivity contribution < 1.29 is 4.42 Å². The molecule has 0 atom stereocenters. The zero-order valence-corrected chi connectivity index (χ0v) is 13.0. The Labute approximate surface area is 128 Å². The number of H-pyrrole nitrogens is 2. The molecular weight excluding hydrogens is 377 g/mol. The Morgan fingerprint density at radius 2 is 2.26 bits per heavy atom. The van der Waals surface area contributed by atoms with Gasteiger partial charge < -0.3 is 9.40 Å². The zero-order chi connectivity index (χ0) is 13.4. The minimum atomic E-state index is -0.0857. The van der Waals surface area contributed by atoms with Gasteiger partial charge in [0.1, 0.15) is 5.76 Å². The highest BCUT2D eigenvalue weighted by Crippen LogP contribution is 2.18. The highest BCUT2D eigenvalue weighted by atomic mass is 127. The average Bonchev–Trinajstić information content (AvgIpc) is 2.75. The smallest absolute Gasteiger partial charge is 0.256 e. The Kier molecular flexibility index (Phi) is 3.59. The minimum Gasteiger partial charge on any atom is -0.454 e. The predicted octanol–water partition coefficient (Wildman–Crippen LogP) is 2.19. The summed E-state index contributed by atoms with van der Waals surface area (Å²) in [5.74, 6) is 0.924. The van der Waals surface area contributed by atoms with E-state index in [9.17, 15) is 4.79 Å². The van der Waals surface area contributed by atoms with E-state index >= 15 is 0 Å². The molecule has 5 nitrogen and oxygen atoms in total. The molecule has 3 heterocycles. The fourth-order valence-corrected chi connectivity index (χ4v) is 2.98. The third kappa shape index (κ3) is 2.82. The first kappa shape index (κ1) is 13.1. The van der Waals surface area contributed by atoms with Crippen molar-refractivity contribution in [1.29, 1.82) is 0 Å². The number of aromatic nitrogens is 2. The number of aromatic amines is 2. The van der Waals surface area contributed by atoms with Gasteiger partial charge in [0, 0.05) is 25.2 Å². The highest BCUT2D eigenvalue weighted by Gasteiger charge is 2.20. The van der Waals surface area contributed by atoms with E-state index in [1.54, 1.807) is 0 Å². The largest absolute Gasteiger partial charge is 0.454 e. The molecule has 0 amide bonds. The van der Waals surface area contributed by atoms with E-state index in [2.05, 4.69) is 37.5 Å². The van der Waals surface area contributed by atoms with E-state index in [0.717, 1.165) is 40.3 Å². The normalized spacial score (nSPS) is 15.4. The summed E-state index contributed by atoms with van der Waals surface area (Å²) in [4.78, 5) is 19.8. The molecule has 0 aliphatic carbocycles. The Morgan fingerprint density at radius 3 is 3.00 bits per heavy atom. The summed E-state index contributed by atoms with van der Waals surface area (Å²) in [5.41, 5.74) is 1.65. The molecule has 3 rings (SSSR count). The van der Waals surface area contributed by atoms with Crippen molar-refractivity contribution in [3.63, 3.8) is 0 Å². The van der Waals surface area contributed by atoms with Gasteiger partial charge in [-0.05, 0) is 46.9 Å². The maximum absolute atomic E-state index is 11.9. The average molecular weight is 389 g/mol. The monoisotopic (exact) mass is 389 g/mol. The van der Waals surface area contributed by atoms with Crippen molar-refractivity contribution in [1.82, 2.24) is 14.9 Å². The van der Waals surface area contributed by atoms with Crippen LogP contribution in [0.3, 0.4) is 0 Å². The molecule has 100 valence electrons. The first-order chi connectivity index (χ1) is 9.11. The van der Waals surface area contributed by atoms with Crippen LogP contribution in [-0.4, -0.2) is 21.4 Å². The molecule has 19 heavy (non-hydrogen) atoms. The van der Waals surface area contributed by atoms with Gasteiger partial charge in [-0.25, -0.2) is 0 Å². The first-order valence-corrected chi connectivity index (χ1v) is 7.41. The third-order valence-electron chi connectivity index (χ3n) is 3.20. The SMILES string of the molecule is O=c1[nH]c(=S)[nH]c2c1CN(Cc1ccc(I)o1)CC2. The second kappa shape index (κ2) is 5.22. The molecule has 0 spiro atoms. The Bertz CT molecular complexity index is 718. The van der Waals surface area contributed by atoms with E-state index in [0.29, 0.717) is 11.3 Å². The van der Waals surface area contributed by atoms with Crippen LogP contribution in [0, 0.1) is 8.54 Å². The molecule has 0 saturated heterocycles. The van der Waals surface area contributed by atoms with Crippen molar-refractivity contribution in [3.05, 3.63) is 48.0 Å². The second-order valence-corrected chi connectivity index (χ2v) is 6.00. The van der Waals surface area contributed by atoms with Crippen molar-refractivity contribution in [2.45, 2.75) is 19.5 Å². The van der Waals surface area contributed by atoms with Gasteiger partial charge >= 0.3 is 0 Å². The van der Waals surface area contributed by atoms with Crippen LogP contribution in [0.4, 0.5) is 0 Å². The predicted molar refractivity (Wildman–Crippen MR) is 81.5 cm³/mol. The van der Waals surface area contributed by atoms with E-state index in [-0.39, 0.29) is 5.56 Å². The summed E-state index contributed by atoms with van der Waals surface area (Å²) in [5, 5.41) is 0. The van der Waals surface area contributed by atoms with Gasteiger partial charge in [0.05, 0.1) is 12.1 Å². The molecule has 1 aliphatic heterocycles. The van der Waals surface area contributed by atoms with Crippen LogP contribution in [-0.2, 0) is 19.5 Å². The first-order valence-electron chi connectivity index (χ1n) is 5.93. The molecule has 0 saturated carbocycles. The topological polar surface area (TPSA) is 65.0 Å². The van der Waals surface area contributed by atoms with Crippen LogP contribution in [0.25, 0.3) is 0 Å². The van der Waals surface area contributed by atoms with Gasteiger partial charge in [0.2, 0.25) is 0 Å². The maximum Gasteiger partial charge on any atom is 0.256 e. The quantitative estimate of drug-likeness (QED) is 0.611. The van der Waals surface area contributed by atoms with Gasteiger partial charge in [0.15, 0.2) is 8.54 Å². The Morgan fingerprint density at radius 1 is 1.42 bits per heavy atom. The molecule has 0 unspecified atom stereocenters. The van der Waals surface area contributed by atoms with Crippen LogP contribution < -0.4 is 5.56 Å². The lowest BCUT2D eigenvalue weighted by Crippen LogP contribution is -2.35. The van der Waals surface area contributed by atoms with E-state index in [4.69, 9.17) is 16.6 Å². The summed E-state index contributed by atoms with van der Waals surface area (Å²) in [6.07, 6.45) is 0.806. The highest BCUT2D eigenvalue weighted by molar-refractivity contribution is 14.1. The molecule has 0 fully saturated rings. The molecule has 2 N–H and O–H groups in total. The van der Waals surface area contributed by atoms with Gasteiger partial charge in [0.25, 0.3) is 5.56 Å². The molecule has 1 aliphatic rings. The lowest BCUT2D eigenvalue weighted by Gasteiger charge is -2.26. The molecule has 0 aromatic carbocycles. The van der Waals surface area contributed by atoms with Crippen molar-refractivity contribution in [2.75, 3.05) is 6.54 Å². The molecule has 7 heteroatoms. The molecule has 0 bridgehead atoms. The fourth-order valence-electron chi connectivity index (χ4n) is 2.30. The van der Waals surface area contributed by atoms with Crippen LogP contribution >= 0.6 is 34.8 Å². The number of halogens is 1. The van der Waals surface area contributed by atoms with Crippen molar-refractivity contribution >= 4 is 34.8 Å². The van der Waals surface area contributed by atoms with E-state index in [1.165, 1.54) is 0 Å². The van der Waals surface area contributed by atoms with Crippen LogP contribution in [0.15, 0.2) is 21.3 Å². The van der Waals surface area contributed by atoms with Gasteiger partial charge in [-0.15, -0.1) is 0 Å². The van der Waals surface area contributed by atoms with Gasteiger partial charge in [-0.3, -0.25) is 14.7 Å². The lowest BCUT2D eigenvalue weighted by atomic mass is 10.1. The summed E-state index contributed by atoms with van der Waals surface area (Å²) in [7, 11) is 0. The van der Waals surface area contributed by atoms with Crippen molar-refractivity contribution in [2.24, 2.45) is 0 Å². The summed E-state index contributed by atoms with van der Waals surface area (Å²) in [6, 6.07) is 3.91. The Balaban J connectivity index is 1.82. The molecule has 2 aromatic heterocycles. The van der Waals surface area contributed by atoms with E-state index in [1.807, 2.05) is 12.1 Å². The van der Waals surface area contributed by atoms with Crippen molar-refractivity contribution in [3.8, 4) is 0 Å². The van der Waals surface area contributed by atoms with Crippen LogP contribution in [0.1, 0.15) is 17.0 Å². The standard InChI is InChI=1S/C12H12IN3O2S/c13-10-2-1-7(18-10)5-16-4-3-9-8(6-16)11(17)15-12(19)14-9/h1-2H,3-6H2,(H2,14,15,17,19). The number of rotatable bonds is 2. The number of hydrogen-bond acceptors (Lipinski definition) is 4. The minimum absolute atomic E-state index is 0.0857. The van der Waals surface area contributed by atoms with E-state index < -0.39 is 0 Å². The van der Waals surface area contributed by atoms with Crippen LogP contribution in [0.5, 0.6) is 0 Å². The molecule has 0 radical (unpaired) electrons. The van der Waals surface area contributed by atoms with Gasteiger partial charge in [-0.2, -0.15) is 0 Å². The lowest BCUT2D eigenvalue weighted by molar-refractivity contribution is 0.221. The van der Waals surface area contributed by atoms with Gasteiger partial charge in [-0.1, -0.05) is 0 Å².